The molecule has 20 heavy (non-hydrogen) atoms. The Hall–Kier alpha value is -1.69. The Labute approximate surface area is 117 Å². The zero-order valence-corrected chi connectivity index (χ0v) is 11.8. The first-order valence-corrected chi connectivity index (χ1v) is 7.00. The van der Waals surface area contributed by atoms with Crippen LogP contribution in [-0.4, -0.2) is 45.6 Å². The first-order valence-electron chi connectivity index (χ1n) is 7.00. The topological polar surface area (TPSA) is 86.3 Å². The van der Waals surface area contributed by atoms with Crippen molar-refractivity contribution in [3.05, 3.63) is 28.4 Å². The summed E-state index contributed by atoms with van der Waals surface area (Å²) in [5.74, 6) is -0.0746. The van der Waals surface area contributed by atoms with Gasteiger partial charge in [-0.1, -0.05) is 6.92 Å². The van der Waals surface area contributed by atoms with E-state index in [1.54, 1.807) is 4.90 Å². The second-order valence-corrected chi connectivity index (χ2v) is 5.51. The molecule has 1 aliphatic heterocycles. The summed E-state index contributed by atoms with van der Waals surface area (Å²) in [5.41, 5.74) is -0.0710. The van der Waals surface area contributed by atoms with Crippen molar-refractivity contribution in [1.82, 2.24) is 14.9 Å². The lowest BCUT2D eigenvalue weighted by Crippen LogP contribution is -2.48. The van der Waals surface area contributed by atoms with Gasteiger partial charge in [0.25, 0.3) is 5.56 Å². The summed E-state index contributed by atoms with van der Waals surface area (Å²) in [6.07, 6.45) is 5.49. The number of carbonyl (C=O) groups is 1. The molecule has 1 saturated heterocycles. The summed E-state index contributed by atoms with van der Waals surface area (Å²) < 4.78 is 0. The molecule has 0 unspecified atom stereocenters. The zero-order chi connectivity index (χ0) is 14.6. The predicted octanol–water partition coefficient (Wildman–Crippen LogP) is 0.324. The number of nitrogens with zero attached hydrogens (tertiary/aromatic N) is 2. The fourth-order valence-electron chi connectivity index (χ4n) is 2.73. The molecule has 0 aromatic carbocycles. The monoisotopic (exact) mass is 279 g/mol. The molecule has 2 rings (SSSR count). The van der Waals surface area contributed by atoms with Crippen LogP contribution in [0.15, 0.2) is 17.3 Å². The number of likely N-dealkylation sites (tertiary alicyclic amines) is 1. The highest BCUT2D eigenvalue weighted by Gasteiger charge is 2.35. The molecule has 0 spiro atoms. The van der Waals surface area contributed by atoms with Gasteiger partial charge in [-0.3, -0.25) is 9.59 Å². The van der Waals surface area contributed by atoms with Gasteiger partial charge in [0.15, 0.2) is 0 Å². The van der Waals surface area contributed by atoms with Crippen LogP contribution in [0, 0.1) is 5.41 Å². The van der Waals surface area contributed by atoms with Crippen LogP contribution in [0.3, 0.4) is 0 Å². The lowest BCUT2D eigenvalue weighted by atomic mass is 9.78. The minimum absolute atomic E-state index is 0.0639. The first kappa shape index (κ1) is 14.7. The van der Waals surface area contributed by atoms with Gasteiger partial charge in [0.1, 0.15) is 0 Å². The lowest BCUT2D eigenvalue weighted by molar-refractivity contribution is -0.134. The molecular weight excluding hydrogens is 258 g/mol. The third kappa shape index (κ3) is 3.07. The highest BCUT2D eigenvalue weighted by atomic mass is 16.3. The molecule has 2 heterocycles. The summed E-state index contributed by atoms with van der Waals surface area (Å²) in [7, 11) is 0. The maximum absolute atomic E-state index is 12.3. The van der Waals surface area contributed by atoms with Gasteiger partial charge in [-0.15, -0.1) is 0 Å². The molecule has 0 radical (unpaired) electrons. The fourth-order valence-corrected chi connectivity index (χ4v) is 2.73. The van der Waals surface area contributed by atoms with Crippen molar-refractivity contribution in [1.29, 1.82) is 0 Å². The Morgan fingerprint density at radius 3 is 3.05 bits per heavy atom. The molecule has 1 aliphatic rings. The van der Waals surface area contributed by atoms with Crippen molar-refractivity contribution in [2.75, 3.05) is 19.7 Å². The summed E-state index contributed by atoms with van der Waals surface area (Å²) in [4.78, 5) is 31.9. The van der Waals surface area contributed by atoms with E-state index in [1.807, 2.05) is 6.92 Å². The van der Waals surface area contributed by atoms with Crippen molar-refractivity contribution >= 4 is 5.91 Å². The molecule has 1 aromatic heterocycles. The van der Waals surface area contributed by atoms with Gasteiger partial charge >= 0.3 is 0 Å². The van der Waals surface area contributed by atoms with Crippen molar-refractivity contribution in [2.24, 2.45) is 5.41 Å². The normalized spacial score (nSPS) is 22.8. The van der Waals surface area contributed by atoms with Crippen molar-refractivity contribution in [3.63, 3.8) is 0 Å². The summed E-state index contributed by atoms with van der Waals surface area (Å²) in [5, 5.41) is 9.57. The Balaban J connectivity index is 2.06. The van der Waals surface area contributed by atoms with Gasteiger partial charge in [0.05, 0.1) is 19.4 Å². The van der Waals surface area contributed by atoms with Crippen molar-refractivity contribution in [3.8, 4) is 0 Å². The number of aromatic amines is 1. The van der Waals surface area contributed by atoms with Crippen LogP contribution in [0.2, 0.25) is 0 Å². The molecule has 6 heteroatoms. The number of amides is 1. The van der Waals surface area contributed by atoms with Gasteiger partial charge in [-0.2, -0.15) is 0 Å². The predicted molar refractivity (Wildman–Crippen MR) is 74.2 cm³/mol. The van der Waals surface area contributed by atoms with Crippen molar-refractivity contribution < 1.29 is 9.90 Å². The summed E-state index contributed by atoms with van der Waals surface area (Å²) >= 11 is 0. The smallest absolute Gasteiger partial charge is 0.254 e. The second-order valence-electron chi connectivity index (χ2n) is 5.51. The molecule has 0 bridgehead atoms. The Bertz CT molecular complexity index is 522. The van der Waals surface area contributed by atoms with E-state index in [0.717, 1.165) is 19.3 Å². The Kier molecular flexibility index (Phi) is 4.54. The molecule has 0 saturated carbocycles. The van der Waals surface area contributed by atoms with Gasteiger partial charge in [-0.25, -0.2) is 4.98 Å². The van der Waals surface area contributed by atoms with Crippen LogP contribution in [0.5, 0.6) is 0 Å². The molecule has 1 fully saturated rings. The van der Waals surface area contributed by atoms with E-state index < -0.39 is 0 Å². The second kappa shape index (κ2) is 6.17. The van der Waals surface area contributed by atoms with Gasteiger partial charge in [0, 0.05) is 30.3 Å². The summed E-state index contributed by atoms with van der Waals surface area (Å²) in [6.45, 7) is 3.40. The Morgan fingerprint density at radius 1 is 1.60 bits per heavy atom. The highest BCUT2D eigenvalue weighted by molar-refractivity contribution is 5.78. The SMILES string of the molecule is CC[C@@]1(CO)CCCN(C(=O)Cc2cnc[nH]c2=O)C1. The van der Waals surface area contributed by atoms with E-state index in [-0.39, 0.29) is 29.9 Å². The Morgan fingerprint density at radius 2 is 2.40 bits per heavy atom. The molecular formula is C14H21N3O3. The lowest BCUT2D eigenvalue weighted by Gasteiger charge is -2.41. The highest BCUT2D eigenvalue weighted by Crippen LogP contribution is 2.32. The van der Waals surface area contributed by atoms with Crippen LogP contribution < -0.4 is 5.56 Å². The number of aliphatic hydroxyl groups excluding tert-OH is 1. The molecule has 1 atom stereocenters. The van der Waals surface area contributed by atoms with E-state index in [9.17, 15) is 14.7 Å². The number of nitrogens with one attached hydrogen (secondary N) is 1. The van der Waals surface area contributed by atoms with Crippen LogP contribution in [0.25, 0.3) is 0 Å². The maximum Gasteiger partial charge on any atom is 0.254 e. The average molecular weight is 279 g/mol. The molecule has 0 aliphatic carbocycles. The molecule has 6 nitrogen and oxygen atoms in total. The van der Waals surface area contributed by atoms with Gasteiger partial charge in [0.2, 0.25) is 5.91 Å². The fraction of sp³-hybridized carbons (Fsp3) is 0.643. The van der Waals surface area contributed by atoms with Crippen LogP contribution in [-0.2, 0) is 11.2 Å². The van der Waals surface area contributed by atoms with E-state index in [1.165, 1.54) is 12.5 Å². The van der Waals surface area contributed by atoms with Crippen molar-refractivity contribution in [2.45, 2.75) is 32.6 Å². The standard InChI is InChI=1S/C14H21N3O3/c1-2-14(9-18)4-3-5-17(8-14)12(19)6-11-7-15-10-16-13(11)20/h7,10,18H,2-6,8-9H2,1H3,(H,15,16,20)/t14-/m1/s1. The third-order valence-electron chi connectivity index (χ3n) is 4.23. The maximum atomic E-state index is 12.3. The number of aromatic nitrogens is 2. The minimum atomic E-state index is -0.269. The number of H-pyrrole nitrogens is 1. The number of rotatable bonds is 4. The van der Waals surface area contributed by atoms with E-state index >= 15 is 0 Å². The third-order valence-corrected chi connectivity index (χ3v) is 4.23. The summed E-state index contributed by atoms with van der Waals surface area (Å²) in [6, 6.07) is 0. The number of piperidine rings is 1. The van der Waals surface area contributed by atoms with Crippen LogP contribution in [0.1, 0.15) is 31.7 Å². The van der Waals surface area contributed by atoms with Gasteiger partial charge in [-0.05, 0) is 19.3 Å². The molecule has 1 amide bonds. The van der Waals surface area contributed by atoms with Gasteiger partial charge < -0.3 is 15.0 Å². The largest absolute Gasteiger partial charge is 0.396 e. The molecule has 2 N–H and O–H groups in total. The van der Waals surface area contributed by atoms with E-state index in [4.69, 9.17) is 0 Å². The quantitative estimate of drug-likeness (QED) is 0.831. The number of aliphatic hydroxyl groups is 1. The molecule has 110 valence electrons. The minimum Gasteiger partial charge on any atom is -0.396 e. The zero-order valence-electron chi connectivity index (χ0n) is 11.8. The number of hydrogen-bond donors (Lipinski definition) is 2. The van der Waals surface area contributed by atoms with Crippen LogP contribution in [0.4, 0.5) is 0 Å². The van der Waals surface area contributed by atoms with E-state index in [2.05, 4.69) is 9.97 Å². The molecule has 1 aromatic rings. The first-order chi connectivity index (χ1) is 9.60. The number of carbonyl (C=O) groups excluding carboxylic acids is 1. The van der Waals surface area contributed by atoms with Crippen LogP contribution >= 0.6 is 0 Å². The van der Waals surface area contributed by atoms with E-state index in [0.29, 0.717) is 18.7 Å². The number of hydrogen-bond acceptors (Lipinski definition) is 4. The average Bonchev–Trinajstić information content (AvgIpc) is 2.49.